The summed E-state index contributed by atoms with van der Waals surface area (Å²) in [5.74, 6) is 1.89. The van der Waals surface area contributed by atoms with Gasteiger partial charge in [-0.15, -0.1) is 0 Å². The van der Waals surface area contributed by atoms with E-state index in [2.05, 4.69) is 5.32 Å². The van der Waals surface area contributed by atoms with Gasteiger partial charge in [0.05, 0.1) is 0 Å². The highest BCUT2D eigenvalue weighted by molar-refractivity contribution is 5.92. The molecule has 0 bridgehead atoms. The first-order chi connectivity index (χ1) is 11.5. The van der Waals surface area contributed by atoms with Crippen molar-refractivity contribution in [3.05, 3.63) is 47.0 Å². The molecule has 0 radical (unpaired) electrons. The standard InChI is InChI=1S/C19H21NO4/c1-12-4-5-13(2)19(14(12)3)24-11-18(21)20-15-6-7-16-17(10-15)23-9-8-22-16/h4-7,10H,8-9,11H2,1-3H3,(H,20,21). The van der Waals surface area contributed by atoms with Gasteiger partial charge in [0.1, 0.15) is 19.0 Å². The fourth-order valence-electron chi connectivity index (χ4n) is 2.60. The molecule has 5 nitrogen and oxygen atoms in total. The van der Waals surface area contributed by atoms with Crippen LogP contribution in [0.1, 0.15) is 16.7 Å². The largest absolute Gasteiger partial charge is 0.486 e. The fourth-order valence-corrected chi connectivity index (χ4v) is 2.60. The van der Waals surface area contributed by atoms with Crippen molar-refractivity contribution in [1.29, 1.82) is 0 Å². The SMILES string of the molecule is Cc1ccc(C)c(OCC(=O)Nc2ccc3c(c2)OCCO3)c1C. The Kier molecular flexibility index (Phi) is 4.60. The van der Waals surface area contributed by atoms with Crippen molar-refractivity contribution in [1.82, 2.24) is 0 Å². The van der Waals surface area contributed by atoms with E-state index < -0.39 is 0 Å². The molecule has 0 atom stereocenters. The third kappa shape index (κ3) is 3.45. The second-order valence-electron chi connectivity index (χ2n) is 5.85. The van der Waals surface area contributed by atoms with E-state index in [0.29, 0.717) is 30.4 Å². The monoisotopic (exact) mass is 327 g/mol. The summed E-state index contributed by atoms with van der Waals surface area (Å²) in [5, 5.41) is 2.82. The fraction of sp³-hybridized carbons (Fsp3) is 0.316. The second kappa shape index (κ2) is 6.83. The number of amides is 1. The number of anilines is 1. The normalized spacial score (nSPS) is 12.6. The molecule has 3 rings (SSSR count). The molecule has 0 aromatic heterocycles. The van der Waals surface area contributed by atoms with E-state index in [1.165, 1.54) is 0 Å². The van der Waals surface area contributed by atoms with Gasteiger partial charge in [0.25, 0.3) is 5.91 Å². The molecule has 0 fully saturated rings. The van der Waals surface area contributed by atoms with Gasteiger partial charge in [-0.25, -0.2) is 0 Å². The van der Waals surface area contributed by atoms with E-state index in [1.54, 1.807) is 18.2 Å². The van der Waals surface area contributed by atoms with Gasteiger partial charge in [-0.3, -0.25) is 4.79 Å². The van der Waals surface area contributed by atoms with Gasteiger partial charge in [-0.05, 0) is 49.6 Å². The summed E-state index contributed by atoms with van der Waals surface area (Å²) < 4.78 is 16.7. The summed E-state index contributed by atoms with van der Waals surface area (Å²) in [6, 6.07) is 9.38. The lowest BCUT2D eigenvalue weighted by Crippen LogP contribution is -2.21. The van der Waals surface area contributed by atoms with Gasteiger partial charge < -0.3 is 19.5 Å². The molecule has 1 amide bonds. The van der Waals surface area contributed by atoms with Gasteiger partial charge in [-0.1, -0.05) is 12.1 Å². The highest BCUT2D eigenvalue weighted by Gasteiger charge is 2.14. The first-order valence-electron chi connectivity index (χ1n) is 7.93. The van der Waals surface area contributed by atoms with Crippen molar-refractivity contribution in [3.63, 3.8) is 0 Å². The summed E-state index contributed by atoms with van der Waals surface area (Å²) in [6.07, 6.45) is 0. The minimum absolute atomic E-state index is 0.0421. The average molecular weight is 327 g/mol. The van der Waals surface area contributed by atoms with E-state index in [1.807, 2.05) is 32.9 Å². The molecular formula is C19H21NO4. The number of hydrogen-bond donors (Lipinski definition) is 1. The molecule has 0 saturated heterocycles. The Balaban J connectivity index is 1.63. The Morgan fingerprint density at radius 1 is 1.04 bits per heavy atom. The van der Waals surface area contributed by atoms with Crippen LogP contribution in [0.5, 0.6) is 17.2 Å². The molecule has 24 heavy (non-hydrogen) atoms. The third-order valence-corrected chi connectivity index (χ3v) is 4.05. The highest BCUT2D eigenvalue weighted by Crippen LogP contribution is 2.32. The van der Waals surface area contributed by atoms with Crippen LogP contribution in [0.25, 0.3) is 0 Å². The number of hydrogen-bond acceptors (Lipinski definition) is 4. The van der Waals surface area contributed by atoms with Gasteiger partial charge in [0, 0.05) is 11.8 Å². The molecule has 5 heteroatoms. The smallest absolute Gasteiger partial charge is 0.262 e. The summed E-state index contributed by atoms with van der Waals surface area (Å²) >= 11 is 0. The molecule has 1 aliphatic heterocycles. The van der Waals surface area contributed by atoms with Crippen molar-refractivity contribution < 1.29 is 19.0 Å². The van der Waals surface area contributed by atoms with Crippen LogP contribution >= 0.6 is 0 Å². The van der Waals surface area contributed by atoms with E-state index in [4.69, 9.17) is 14.2 Å². The maximum Gasteiger partial charge on any atom is 0.262 e. The van der Waals surface area contributed by atoms with E-state index in [9.17, 15) is 4.79 Å². The Bertz CT molecular complexity index is 770. The van der Waals surface area contributed by atoms with Gasteiger partial charge in [0.15, 0.2) is 18.1 Å². The predicted molar refractivity (Wildman–Crippen MR) is 92.2 cm³/mol. The zero-order valence-electron chi connectivity index (χ0n) is 14.1. The van der Waals surface area contributed by atoms with Gasteiger partial charge in [-0.2, -0.15) is 0 Å². The van der Waals surface area contributed by atoms with E-state index in [-0.39, 0.29) is 12.5 Å². The highest BCUT2D eigenvalue weighted by atomic mass is 16.6. The van der Waals surface area contributed by atoms with Gasteiger partial charge in [0.2, 0.25) is 0 Å². The number of nitrogens with one attached hydrogen (secondary N) is 1. The molecule has 1 N–H and O–H groups in total. The number of carbonyl (C=O) groups is 1. The molecule has 2 aromatic carbocycles. The average Bonchev–Trinajstić information content (AvgIpc) is 2.58. The predicted octanol–water partition coefficient (Wildman–Crippen LogP) is 3.40. The summed E-state index contributed by atoms with van der Waals surface area (Å²) in [4.78, 5) is 12.2. The van der Waals surface area contributed by atoms with Crippen LogP contribution in [0.2, 0.25) is 0 Å². The van der Waals surface area contributed by atoms with Crippen LogP contribution in [-0.2, 0) is 4.79 Å². The van der Waals surface area contributed by atoms with Crippen LogP contribution in [0, 0.1) is 20.8 Å². The molecule has 0 saturated carbocycles. The van der Waals surface area contributed by atoms with Crippen LogP contribution in [-0.4, -0.2) is 25.7 Å². The van der Waals surface area contributed by atoms with Crippen LogP contribution in [0.4, 0.5) is 5.69 Å². The molecule has 0 aliphatic carbocycles. The number of aryl methyl sites for hydroxylation is 2. The second-order valence-corrected chi connectivity index (χ2v) is 5.85. The zero-order valence-corrected chi connectivity index (χ0v) is 14.1. The third-order valence-electron chi connectivity index (χ3n) is 4.05. The number of fused-ring (bicyclic) bond motifs is 1. The first-order valence-corrected chi connectivity index (χ1v) is 7.93. The Labute approximate surface area is 141 Å². The molecule has 0 spiro atoms. The molecule has 2 aromatic rings. The van der Waals surface area contributed by atoms with Crippen molar-refractivity contribution in [2.75, 3.05) is 25.1 Å². The number of rotatable bonds is 4. The Morgan fingerprint density at radius 2 is 1.75 bits per heavy atom. The number of carbonyl (C=O) groups excluding carboxylic acids is 1. The minimum atomic E-state index is -0.216. The van der Waals surface area contributed by atoms with Crippen molar-refractivity contribution in [2.24, 2.45) is 0 Å². The van der Waals surface area contributed by atoms with Crippen LogP contribution in [0.15, 0.2) is 30.3 Å². The first kappa shape index (κ1) is 16.2. The van der Waals surface area contributed by atoms with Gasteiger partial charge >= 0.3 is 0 Å². The molecule has 126 valence electrons. The lowest BCUT2D eigenvalue weighted by molar-refractivity contribution is -0.118. The van der Waals surface area contributed by atoms with Crippen molar-refractivity contribution in [3.8, 4) is 17.2 Å². The quantitative estimate of drug-likeness (QED) is 0.935. The topological polar surface area (TPSA) is 56.8 Å². The van der Waals surface area contributed by atoms with Crippen LogP contribution < -0.4 is 19.5 Å². The number of ether oxygens (including phenoxy) is 3. The van der Waals surface area contributed by atoms with Crippen molar-refractivity contribution in [2.45, 2.75) is 20.8 Å². The molecule has 0 unspecified atom stereocenters. The maximum atomic E-state index is 12.2. The maximum absolute atomic E-state index is 12.2. The molecule has 1 aliphatic rings. The van der Waals surface area contributed by atoms with Crippen molar-refractivity contribution >= 4 is 11.6 Å². The molecule has 1 heterocycles. The summed E-state index contributed by atoms with van der Waals surface area (Å²) in [5.41, 5.74) is 3.88. The zero-order chi connectivity index (χ0) is 17.1. The number of benzene rings is 2. The molecular weight excluding hydrogens is 306 g/mol. The summed E-state index contributed by atoms with van der Waals surface area (Å²) in [7, 11) is 0. The Morgan fingerprint density at radius 3 is 2.54 bits per heavy atom. The minimum Gasteiger partial charge on any atom is -0.486 e. The summed E-state index contributed by atoms with van der Waals surface area (Å²) in [6.45, 7) is 7.01. The Hall–Kier alpha value is -2.69. The van der Waals surface area contributed by atoms with E-state index >= 15 is 0 Å². The lowest BCUT2D eigenvalue weighted by atomic mass is 10.1. The van der Waals surface area contributed by atoms with E-state index in [0.717, 1.165) is 22.4 Å². The lowest BCUT2D eigenvalue weighted by Gasteiger charge is -2.19. The van der Waals surface area contributed by atoms with Crippen LogP contribution in [0.3, 0.4) is 0 Å².